The van der Waals surface area contributed by atoms with Crippen molar-refractivity contribution < 1.29 is 9.18 Å². The highest BCUT2D eigenvalue weighted by Crippen LogP contribution is 2.23. The molecule has 0 spiro atoms. The van der Waals surface area contributed by atoms with Crippen LogP contribution in [0.4, 0.5) is 10.1 Å². The molecule has 0 saturated carbocycles. The highest BCUT2D eigenvalue weighted by atomic mass is 35.5. The molecule has 0 saturated heterocycles. The summed E-state index contributed by atoms with van der Waals surface area (Å²) in [6.45, 7) is 9.16. The van der Waals surface area contributed by atoms with Gasteiger partial charge in [0.25, 0.3) is 0 Å². The molecule has 4 nitrogen and oxygen atoms in total. The number of amides is 1. The molecule has 1 heterocycles. The summed E-state index contributed by atoms with van der Waals surface area (Å²) < 4.78 is 15.0. The molecule has 6 heteroatoms. The van der Waals surface area contributed by atoms with Crippen molar-refractivity contribution >= 4 is 23.2 Å². The topological polar surface area (TPSA) is 46.9 Å². The molecule has 1 amide bonds. The Morgan fingerprint density at radius 2 is 2.08 bits per heavy atom. The average Bonchev–Trinajstić information content (AvgIpc) is 2.74. The third kappa shape index (κ3) is 4.57. The zero-order valence-corrected chi connectivity index (χ0v) is 15.2. The van der Waals surface area contributed by atoms with Crippen molar-refractivity contribution in [1.29, 1.82) is 0 Å². The molecule has 2 aromatic rings. The Labute approximate surface area is 147 Å². The molecule has 0 aliphatic heterocycles. The Balaban J connectivity index is 2.00. The molecule has 1 aromatic carbocycles. The van der Waals surface area contributed by atoms with Crippen molar-refractivity contribution in [2.45, 2.75) is 47.1 Å². The van der Waals surface area contributed by atoms with E-state index in [0.717, 1.165) is 23.5 Å². The maximum Gasteiger partial charge on any atom is 0.224 e. The minimum Gasteiger partial charge on any atom is -0.325 e. The second kappa shape index (κ2) is 7.79. The summed E-state index contributed by atoms with van der Waals surface area (Å²) in [7, 11) is 0. The van der Waals surface area contributed by atoms with Crippen molar-refractivity contribution in [3.63, 3.8) is 0 Å². The molecule has 130 valence electrons. The molecule has 0 radical (unpaired) electrons. The van der Waals surface area contributed by atoms with Crippen LogP contribution < -0.4 is 5.32 Å². The number of carbonyl (C=O) groups excluding carboxylic acids is 1. The number of rotatable bonds is 6. The lowest BCUT2D eigenvalue weighted by Gasteiger charge is -2.09. The molecule has 24 heavy (non-hydrogen) atoms. The van der Waals surface area contributed by atoms with E-state index in [1.165, 1.54) is 18.2 Å². The quantitative estimate of drug-likeness (QED) is 0.831. The molecule has 0 unspecified atom stereocenters. The Morgan fingerprint density at radius 3 is 2.71 bits per heavy atom. The fraction of sp³-hybridized carbons (Fsp3) is 0.444. The van der Waals surface area contributed by atoms with Crippen molar-refractivity contribution in [3.8, 4) is 0 Å². The number of hydrogen-bond acceptors (Lipinski definition) is 2. The van der Waals surface area contributed by atoms with E-state index in [4.69, 9.17) is 11.6 Å². The second-order valence-electron chi connectivity index (χ2n) is 6.40. The predicted molar refractivity (Wildman–Crippen MR) is 94.9 cm³/mol. The van der Waals surface area contributed by atoms with Gasteiger partial charge in [0.1, 0.15) is 5.82 Å². The SMILES string of the molecule is Cc1nn(CC(C)C)c(C)c1CCC(=O)Nc1ccc(F)cc1Cl. The summed E-state index contributed by atoms with van der Waals surface area (Å²) in [4.78, 5) is 12.1. The first-order chi connectivity index (χ1) is 11.3. The molecule has 2 rings (SSSR count). The molecule has 1 N–H and O–H groups in total. The molecule has 0 aliphatic rings. The van der Waals surface area contributed by atoms with Crippen LogP contribution in [0.15, 0.2) is 18.2 Å². The number of nitrogens with zero attached hydrogens (tertiary/aromatic N) is 2. The number of carbonyl (C=O) groups is 1. The van der Waals surface area contributed by atoms with E-state index in [0.29, 0.717) is 24.4 Å². The van der Waals surface area contributed by atoms with E-state index in [1.807, 2.05) is 18.5 Å². The zero-order chi connectivity index (χ0) is 17.9. The summed E-state index contributed by atoms with van der Waals surface area (Å²) >= 11 is 5.92. The van der Waals surface area contributed by atoms with Gasteiger partial charge >= 0.3 is 0 Å². The molecule has 0 bridgehead atoms. The summed E-state index contributed by atoms with van der Waals surface area (Å²) in [6, 6.07) is 3.92. The van der Waals surface area contributed by atoms with Crippen molar-refractivity contribution in [2.24, 2.45) is 5.92 Å². The number of benzene rings is 1. The Bertz CT molecular complexity index is 740. The fourth-order valence-corrected chi connectivity index (χ4v) is 2.88. The van der Waals surface area contributed by atoms with E-state index in [9.17, 15) is 9.18 Å². The number of halogens is 2. The molecular formula is C18H23ClFN3O. The van der Waals surface area contributed by atoms with Gasteiger partial charge in [-0.25, -0.2) is 4.39 Å². The summed E-state index contributed by atoms with van der Waals surface area (Å²) in [5.41, 5.74) is 3.59. The van der Waals surface area contributed by atoms with Crippen LogP contribution in [0, 0.1) is 25.6 Å². The van der Waals surface area contributed by atoms with Crippen LogP contribution in [0.2, 0.25) is 5.02 Å². The van der Waals surface area contributed by atoms with Crippen LogP contribution in [0.3, 0.4) is 0 Å². The first-order valence-corrected chi connectivity index (χ1v) is 8.43. The lowest BCUT2D eigenvalue weighted by Crippen LogP contribution is -2.13. The van der Waals surface area contributed by atoms with Crippen LogP contribution in [-0.4, -0.2) is 15.7 Å². The monoisotopic (exact) mass is 351 g/mol. The number of nitrogens with one attached hydrogen (secondary N) is 1. The van der Waals surface area contributed by atoms with Gasteiger partial charge < -0.3 is 5.32 Å². The third-order valence-electron chi connectivity index (χ3n) is 3.88. The van der Waals surface area contributed by atoms with Crippen LogP contribution >= 0.6 is 11.6 Å². The molecule has 0 atom stereocenters. The number of anilines is 1. The van der Waals surface area contributed by atoms with Gasteiger partial charge in [-0.1, -0.05) is 25.4 Å². The van der Waals surface area contributed by atoms with Gasteiger partial charge in [0.15, 0.2) is 0 Å². The third-order valence-corrected chi connectivity index (χ3v) is 4.19. The highest BCUT2D eigenvalue weighted by Gasteiger charge is 2.14. The summed E-state index contributed by atoms with van der Waals surface area (Å²) in [5.74, 6) is -0.0690. The van der Waals surface area contributed by atoms with E-state index < -0.39 is 5.82 Å². The molecule has 1 aromatic heterocycles. The Hall–Kier alpha value is -1.88. The van der Waals surface area contributed by atoms with E-state index in [-0.39, 0.29) is 10.9 Å². The lowest BCUT2D eigenvalue weighted by molar-refractivity contribution is -0.116. The number of aryl methyl sites for hydroxylation is 1. The van der Waals surface area contributed by atoms with Crippen LogP contribution in [0.5, 0.6) is 0 Å². The van der Waals surface area contributed by atoms with Gasteiger partial charge in [-0.2, -0.15) is 5.10 Å². The first kappa shape index (κ1) is 18.5. The van der Waals surface area contributed by atoms with Crippen LogP contribution in [0.25, 0.3) is 0 Å². The van der Waals surface area contributed by atoms with Crippen molar-refractivity contribution in [1.82, 2.24) is 9.78 Å². The largest absolute Gasteiger partial charge is 0.325 e. The van der Waals surface area contributed by atoms with Gasteiger partial charge in [0.05, 0.1) is 16.4 Å². The average molecular weight is 352 g/mol. The normalized spacial score (nSPS) is 11.1. The van der Waals surface area contributed by atoms with E-state index >= 15 is 0 Å². The first-order valence-electron chi connectivity index (χ1n) is 8.05. The van der Waals surface area contributed by atoms with E-state index in [2.05, 4.69) is 24.3 Å². The van der Waals surface area contributed by atoms with Gasteiger partial charge in [-0.05, 0) is 49.9 Å². The fourth-order valence-electron chi connectivity index (χ4n) is 2.66. The highest BCUT2D eigenvalue weighted by molar-refractivity contribution is 6.33. The zero-order valence-electron chi connectivity index (χ0n) is 14.5. The van der Waals surface area contributed by atoms with E-state index in [1.54, 1.807) is 0 Å². The number of hydrogen-bond donors (Lipinski definition) is 1. The van der Waals surface area contributed by atoms with Crippen molar-refractivity contribution in [2.75, 3.05) is 5.32 Å². The van der Waals surface area contributed by atoms with Gasteiger partial charge in [-0.15, -0.1) is 0 Å². The minimum atomic E-state index is -0.429. The minimum absolute atomic E-state index is 0.154. The second-order valence-corrected chi connectivity index (χ2v) is 6.80. The standard InChI is InChI=1S/C18H23ClFN3O/c1-11(2)10-23-13(4)15(12(3)22-23)6-8-18(24)21-17-7-5-14(20)9-16(17)19/h5,7,9,11H,6,8,10H2,1-4H3,(H,21,24). The Kier molecular flexibility index (Phi) is 5.99. The molecule has 0 fully saturated rings. The maximum absolute atomic E-state index is 13.0. The van der Waals surface area contributed by atoms with Crippen LogP contribution in [0.1, 0.15) is 37.2 Å². The summed E-state index contributed by atoms with van der Waals surface area (Å²) in [6.07, 6.45) is 0.934. The predicted octanol–water partition coefficient (Wildman–Crippen LogP) is 4.52. The van der Waals surface area contributed by atoms with Gasteiger partial charge in [0, 0.05) is 18.7 Å². The van der Waals surface area contributed by atoms with Crippen LogP contribution in [-0.2, 0) is 17.8 Å². The Morgan fingerprint density at radius 1 is 1.38 bits per heavy atom. The molecule has 0 aliphatic carbocycles. The van der Waals surface area contributed by atoms with Crippen molar-refractivity contribution in [3.05, 3.63) is 46.0 Å². The smallest absolute Gasteiger partial charge is 0.224 e. The molecular weight excluding hydrogens is 329 g/mol. The maximum atomic E-state index is 13.0. The lowest BCUT2D eigenvalue weighted by atomic mass is 10.1. The van der Waals surface area contributed by atoms with Gasteiger partial charge in [-0.3, -0.25) is 9.48 Å². The number of aromatic nitrogens is 2. The summed E-state index contributed by atoms with van der Waals surface area (Å²) in [5, 5.41) is 7.47. The van der Waals surface area contributed by atoms with Gasteiger partial charge in [0.2, 0.25) is 5.91 Å².